The number of nitrogens with zero attached hydrogens (tertiary/aromatic N) is 1. The van der Waals surface area contributed by atoms with Gasteiger partial charge in [-0.15, -0.1) is 0 Å². The number of carbonyl (C=O) groups excluding carboxylic acids is 2. The molecule has 0 bridgehead atoms. The number of para-hydroxylation sites is 1. The fraction of sp³-hybridized carbons (Fsp3) is 0.148. The number of benzene rings is 3. The maximum absolute atomic E-state index is 13.0. The number of carbonyl (C=O) groups is 2. The van der Waals surface area contributed by atoms with E-state index < -0.39 is 5.97 Å². The van der Waals surface area contributed by atoms with E-state index in [-0.39, 0.29) is 12.4 Å². The van der Waals surface area contributed by atoms with Crippen LogP contribution in [-0.4, -0.2) is 37.6 Å². The quantitative estimate of drug-likeness (QED) is 0.287. The Bertz CT molecular complexity index is 1330. The number of esters is 1. The highest BCUT2D eigenvalue weighted by Crippen LogP contribution is 2.33. The third-order valence-electron chi connectivity index (χ3n) is 5.32. The topological polar surface area (TPSA) is 74.7 Å². The molecular formula is C27H23NO5. The number of ether oxygens (including phenoxy) is 3. The molecule has 0 fully saturated rings. The van der Waals surface area contributed by atoms with Gasteiger partial charge in [0, 0.05) is 16.5 Å². The first-order chi connectivity index (χ1) is 16.0. The molecule has 0 saturated carbocycles. The van der Waals surface area contributed by atoms with Crippen LogP contribution in [0.1, 0.15) is 26.3 Å². The number of methoxy groups -OCH3 is 2. The molecule has 33 heavy (non-hydrogen) atoms. The smallest absolute Gasteiger partial charge is 0.339 e. The van der Waals surface area contributed by atoms with Crippen LogP contribution >= 0.6 is 0 Å². The summed E-state index contributed by atoms with van der Waals surface area (Å²) in [6.45, 7) is 1.60. The summed E-state index contributed by atoms with van der Waals surface area (Å²) in [6.07, 6.45) is 0. The van der Waals surface area contributed by atoms with E-state index >= 15 is 0 Å². The fourth-order valence-electron chi connectivity index (χ4n) is 3.52. The molecule has 0 aliphatic carbocycles. The highest BCUT2D eigenvalue weighted by atomic mass is 16.5. The van der Waals surface area contributed by atoms with Crippen LogP contribution in [0.2, 0.25) is 0 Å². The van der Waals surface area contributed by atoms with Gasteiger partial charge < -0.3 is 14.2 Å². The van der Waals surface area contributed by atoms with E-state index in [2.05, 4.69) is 0 Å². The van der Waals surface area contributed by atoms with Crippen LogP contribution in [0.3, 0.4) is 0 Å². The number of hydrogen-bond acceptors (Lipinski definition) is 6. The summed E-state index contributed by atoms with van der Waals surface area (Å²) in [6, 6.07) is 21.5. The number of Topliss-reactive ketones (excluding diaryl/α,β-unsaturated/α-hetero) is 1. The van der Waals surface area contributed by atoms with Crippen LogP contribution in [0.5, 0.6) is 11.5 Å². The highest BCUT2D eigenvalue weighted by Gasteiger charge is 2.18. The summed E-state index contributed by atoms with van der Waals surface area (Å²) in [5, 5.41) is 0.648. The largest absolute Gasteiger partial charge is 0.493 e. The zero-order valence-electron chi connectivity index (χ0n) is 18.6. The van der Waals surface area contributed by atoms with E-state index in [1.54, 1.807) is 50.6 Å². The van der Waals surface area contributed by atoms with Crippen molar-refractivity contribution in [3.05, 3.63) is 89.5 Å². The van der Waals surface area contributed by atoms with Gasteiger partial charge in [0.2, 0.25) is 0 Å². The zero-order chi connectivity index (χ0) is 23.4. The highest BCUT2D eigenvalue weighted by molar-refractivity contribution is 6.06. The second-order valence-corrected chi connectivity index (χ2v) is 7.51. The van der Waals surface area contributed by atoms with Crippen molar-refractivity contribution < 1.29 is 23.8 Å². The van der Waals surface area contributed by atoms with E-state index in [1.165, 1.54) is 0 Å². The Labute approximate surface area is 191 Å². The lowest BCUT2D eigenvalue weighted by Crippen LogP contribution is -2.15. The first-order valence-corrected chi connectivity index (χ1v) is 10.4. The third-order valence-corrected chi connectivity index (χ3v) is 5.32. The van der Waals surface area contributed by atoms with Crippen molar-refractivity contribution in [2.75, 3.05) is 20.8 Å². The monoisotopic (exact) mass is 441 g/mol. The molecule has 1 heterocycles. The van der Waals surface area contributed by atoms with Gasteiger partial charge in [-0.3, -0.25) is 4.79 Å². The summed E-state index contributed by atoms with van der Waals surface area (Å²) in [4.78, 5) is 30.2. The Morgan fingerprint density at radius 3 is 2.30 bits per heavy atom. The molecule has 0 radical (unpaired) electrons. The van der Waals surface area contributed by atoms with Crippen molar-refractivity contribution in [2.24, 2.45) is 0 Å². The van der Waals surface area contributed by atoms with E-state index in [4.69, 9.17) is 19.2 Å². The molecule has 0 amide bonds. The molecule has 0 atom stereocenters. The molecule has 1 aromatic heterocycles. The maximum atomic E-state index is 13.0. The summed E-state index contributed by atoms with van der Waals surface area (Å²) in [7, 11) is 3.13. The molecule has 0 saturated heterocycles. The average Bonchev–Trinajstić information content (AvgIpc) is 2.86. The lowest BCUT2D eigenvalue weighted by Gasteiger charge is -2.12. The maximum Gasteiger partial charge on any atom is 0.339 e. The van der Waals surface area contributed by atoms with Crippen molar-refractivity contribution in [2.45, 2.75) is 6.92 Å². The number of fused-ring (bicyclic) bond motifs is 1. The molecule has 0 spiro atoms. The Hall–Kier alpha value is -4.19. The minimum Gasteiger partial charge on any atom is -0.493 e. The van der Waals surface area contributed by atoms with Crippen LogP contribution in [0.15, 0.2) is 72.8 Å². The minimum atomic E-state index is -0.587. The Balaban J connectivity index is 1.66. The number of aromatic nitrogens is 1. The number of ketones is 1. The number of hydrogen-bond donors (Lipinski definition) is 0. The van der Waals surface area contributed by atoms with Gasteiger partial charge >= 0.3 is 5.97 Å². The van der Waals surface area contributed by atoms with Gasteiger partial charge in [0.05, 0.1) is 31.0 Å². The Kier molecular flexibility index (Phi) is 6.36. The Morgan fingerprint density at radius 2 is 1.58 bits per heavy atom. The van der Waals surface area contributed by atoms with Gasteiger partial charge in [-0.05, 0) is 37.3 Å². The first kappa shape index (κ1) is 22.0. The molecule has 0 aliphatic heterocycles. The van der Waals surface area contributed by atoms with Crippen LogP contribution in [0, 0.1) is 6.92 Å². The molecule has 0 N–H and O–H groups in total. The van der Waals surface area contributed by atoms with Crippen molar-refractivity contribution in [1.29, 1.82) is 0 Å². The lowest BCUT2D eigenvalue weighted by molar-refractivity contribution is 0.0476. The van der Waals surface area contributed by atoms with Crippen LogP contribution in [0.25, 0.3) is 22.2 Å². The molecular weight excluding hydrogens is 418 g/mol. The number of rotatable bonds is 7. The van der Waals surface area contributed by atoms with Gasteiger partial charge in [-0.1, -0.05) is 48.0 Å². The molecule has 4 aromatic rings. The summed E-state index contributed by atoms with van der Waals surface area (Å²) < 4.78 is 16.1. The first-order valence-electron chi connectivity index (χ1n) is 10.4. The van der Waals surface area contributed by atoms with E-state index in [1.807, 2.05) is 43.3 Å². The third kappa shape index (κ3) is 4.70. The molecule has 166 valence electrons. The molecule has 3 aromatic carbocycles. The van der Waals surface area contributed by atoms with Crippen LogP contribution in [-0.2, 0) is 4.74 Å². The van der Waals surface area contributed by atoms with E-state index in [9.17, 15) is 9.59 Å². The van der Waals surface area contributed by atoms with Crippen molar-refractivity contribution >= 4 is 22.7 Å². The Morgan fingerprint density at radius 1 is 0.848 bits per heavy atom. The summed E-state index contributed by atoms with van der Waals surface area (Å²) in [5.41, 5.74) is 3.85. The number of aryl methyl sites for hydroxylation is 1. The van der Waals surface area contributed by atoms with Crippen LogP contribution < -0.4 is 9.47 Å². The second-order valence-electron chi connectivity index (χ2n) is 7.51. The van der Waals surface area contributed by atoms with E-state index in [0.29, 0.717) is 39.2 Å². The number of pyridine rings is 1. The SMILES string of the molecule is COc1ccc(-c2cc(C(=O)OCC(=O)c3ccc(C)cc3)c3ccccc3n2)cc1OC. The predicted molar refractivity (Wildman–Crippen MR) is 126 cm³/mol. The van der Waals surface area contributed by atoms with Crippen molar-refractivity contribution in [1.82, 2.24) is 4.98 Å². The van der Waals surface area contributed by atoms with Gasteiger partial charge in [-0.25, -0.2) is 9.78 Å². The fourth-order valence-corrected chi connectivity index (χ4v) is 3.52. The standard InChI is InChI=1S/C27H23NO5/c1-17-8-10-18(11-9-17)24(29)16-33-27(30)21-15-23(28-22-7-5-4-6-20(21)22)19-12-13-25(31-2)26(14-19)32-3/h4-15H,16H2,1-3H3. The summed E-state index contributed by atoms with van der Waals surface area (Å²) >= 11 is 0. The molecule has 0 aliphatic rings. The minimum absolute atomic E-state index is 0.262. The van der Waals surface area contributed by atoms with Crippen LogP contribution in [0.4, 0.5) is 0 Å². The van der Waals surface area contributed by atoms with Crippen molar-refractivity contribution in [3.63, 3.8) is 0 Å². The summed E-state index contributed by atoms with van der Waals surface area (Å²) in [5.74, 6) is 0.298. The van der Waals surface area contributed by atoms with Gasteiger partial charge in [0.25, 0.3) is 0 Å². The zero-order valence-corrected chi connectivity index (χ0v) is 18.6. The predicted octanol–water partition coefficient (Wildman–Crippen LogP) is 5.27. The van der Waals surface area contributed by atoms with Gasteiger partial charge in [-0.2, -0.15) is 0 Å². The normalized spacial score (nSPS) is 10.6. The van der Waals surface area contributed by atoms with Gasteiger partial charge in [0.15, 0.2) is 23.9 Å². The molecule has 4 rings (SSSR count). The van der Waals surface area contributed by atoms with Gasteiger partial charge in [0.1, 0.15) is 0 Å². The second kappa shape index (κ2) is 9.53. The van der Waals surface area contributed by atoms with E-state index in [0.717, 1.165) is 11.1 Å². The van der Waals surface area contributed by atoms with Crippen molar-refractivity contribution in [3.8, 4) is 22.8 Å². The molecule has 6 nitrogen and oxygen atoms in total. The lowest BCUT2D eigenvalue weighted by atomic mass is 10.0. The molecule has 0 unspecified atom stereocenters. The average molecular weight is 441 g/mol. The molecule has 6 heteroatoms.